The molecule has 0 aliphatic rings. The lowest BCUT2D eigenvalue weighted by atomic mass is 9.95. The van der Waals surface area contributed by atoms with Crippen molar-refractivity contribution in [3.05, 3.63) is 35.9 Å². The molecule has 7 heteroatoms. The zero-order valence-corrected chi connectivity index (χ0v) is 13.7. The minimum Gasteiger partial charge on any atom is -0.465 e. The summed E-state index contributed by atoms with van der Waals surface area (Å²) in [5.74, 6) is -4.48. The highest BCUT2D eigenvalue weighted by Gasteiger charge is 2.32. The number of ketones is 1. The lowest BCUT2D eigenvalue weighted by molar-refractivity contribution is -0.154. The molecular weight excluding hydrogens is 310 g/mol. The summed E-state index contributed by atoms with van der Waals surface area (Å²) in [7, 11) is 0. The van der Waals surface area contributed by atoms with Crippen molar-refractivity contribution in [2.45, 2.75) is 32.6 Å². The van der Waals surface area contributed by atoms with E-state index in [4.69, 9.17) is 16.2 Å². The van der Waals surface area contributed by atoms with Crippen LogP contribution in [0.1, 0.15) is 31.7 Å². The summed E-state index contributed by atoms with van der Waals surface area (Å²) in [6, 6.07) is 9.86. The van der Waals surface area contributed by atoms with Gasteiger partial charge in [0.15, 0.2) is 5.96 Å². The third-order valence-corrected chi connectivity index (χ3v) is 3.38. The molecule has 1 aromatic carbocycles. The van der Waals surface area contributed by atoms with Crippen molar-refractivity contribution in [3.8, 4) is 0 Å². The van der Waals surface area contributed by atoms with Crippen LogP contribution >= 0.6 is 0 Å². The van der Waals surface area contributed by atoms with Crippen LogP contribution in [0.25, 0.3) is 0 Å². The van der Waals surface area contributed by atoms with Crippen LogP contribution < -0.4 is 11.5 Å². The Kier molecular flexibility index (Phi) is 8.18. The van der Waals surface area contributed by atoms with E-state index in [1.807, 2.05) is 30.3 Å². The molecule has 1 amide bonds. The molecule has 0 saturated heterocycles. The first-order valence-electron chi connectivity index (χ1n) is 7.84. The van der Waals surface area contributed by atoms with Crippen molar-refractivity contribution in [2.75, 3.05) is 6.61 Å². The summed E-state index contributed by atoms with van der Waals surface area (Å²) >= 11 is 0. The van der Waals surface area contributed by atoms with Gasteiger partial charge in [0.05, 0.1) is 6.61 Å². The fourth-order valence-corrected chi connectivity index (χ4v) is 2.24. The van der Waals surface area contributed by atoms with Crippen molar-refractivity contribution in [2.24, 2.45) is 22.4 Å². The van der Waals surface area contributed by atoms with Gasteiger partial charge in [-0.3, -0.25) is 14.4 Å². The Balaban J connectivity index is 2.62. The summed E-state index contributed by atoms with van der Waals surface area (Å²) in [4.78, 5) is 38.9. The second-order valence-electron chi connectivity index (χ2n) is 5.24. The normalized spacial score (nSPS) is 11.4. The number of nitrogens with two attached hydrogens (primary N) is 2. The molecule has 0 aromatic heterocycles. The van der Waals surface area contributed by atoms with Gasteiger partial charge in [0, 0.05) is 0 Å². The Morgan fingerprint density at radius 1 is 1.12 bits per heavy atom. The predicted molar refractivity (Wildman–Crippen MR) is 89.9 cm³/mol. The number of aliphatic imine (C=N–C) groups is 1. The van der Waals surface area contributed by atoms with Crippen LogP contribution in [-0.4, -0.2) is 30.2 Å². The molecule has 0 spiro atoms. The Labute approximate surface area is 141 Å². The summed E-state index contributed by atoms with van der Waals surface area (Å²) in [6.45, 7) is 1.76. The average molecular weight is 333 g/mol. The van der Waals surface area contributed by atoms with Crippen LogP contribution in [0.3, 0.4) is 0 Å². The van der Waals surface area contributed by atoms with Gasteiger partial charge in [-0.15, -0.1) is 0 Å². The average Bonchev–Trinajstić information content (AvgIpc) is 2.54. The van der Waals surface area contributed by atoms with Gasteiger partial charge in [-0.1, -0.05) is 36.8 Å². The summed E-state index contributed by atoms with van der Waals surface area (Å²) < 4.78 is 4.87. The molecule has 130 valence electrons. The van der Waals surface area contributed by atoms with E-state index >= 15 is 0 Å². The fourth-order valence-electron chi connectivity index (χ4n) is 2.24. The Hall–Kier alpha value is -2.70. The van der Waals surface area contributed by atoms with E-state index in [9.17, 15) is 14.4 Å². The van der Waals surface area contributed by atoms with Gasteiger partial charge < -0.3 is 16.2 Å². The highest BCUT2D eigenvalue weighted by Crippen LogP contribution is 2.15. The van der Waals surface area contributed by atoms with Crippen LogP contribution in [0.4, 0.5) is 0 Å². The van der Waals surface area contributed by atoms with Crippen LogP contribution in [-0.2, 0) is 25.5 Å². The van der Waals surface area contributed by atoms with Crippen molar-refractivity contribution >= 4 is 23.6 Å². The third-order valence-electron chi connectivity index (χ3n) is 3.38. The number of carbonyl (C=O) groups excluding carboxylic acids is 3. The van der Waals surface area contributed by atoms with E-state index in [1.165, 1.54) is 5.56 Å². The van der Waals surface area contributed by atoms with Gasteiger partial charge >= 0.3 is 11.9 Å². The van der Waals surface area contributed by atoms with Gasteiger partial charge in [-0.05, 0) is 31.7 Å². The zero-order chi connectivity index (χ0) is 17.9. The molecule has 7 nitrogen and oxygen atoms in total. The molecular formula is C17H23N3O4. The quantitative estimate of drug-likeness (QED) is 0.173. The van der Waals surface area contributed by atoms with Crippen LogP contribution in [0.5, 0.6) is 0 Å². The van der Waals surface area contributed by atoms with E-state index in [0.717, 1.165) is 12.8 Å². The second-order valence-corrected chi connectivity index (χ2v) is 5.24. The van der Waals surface area contributed by atoms with Crippen LogP contribution in [0, 0.1) is 5.92 Å². The molecule has 1 rings (SSSR count). The highest BCUT2D eigenvalue weighted by atomic mass is 16.5. The first-order valence-corrected chi connectivity index (χ1v) is 7.84. The number of rotatable bonds is 9. The zero-order valence-electron chi connectivity index (χ0n) is 13.7. The molecule has 0 saturated carbocycles. The number of carbonyl (C=O) groups is 3. The second kappa shape index (κ2) is 10.1. The van der Waals surface area contributed by atoms with Crippen molar-refractivity contribution < 1.29 is 19.1 Å². The molecule has 0 heterocycles. The minimum absolute atomic E-state index is 0.128. The van der Waals surface area contributed by atoms with Gasteiger partial charge in [0.1, 0.15) is 5.92 Å². The lowest BCUT2D eigenvalue weighted by Crippen LogP contribution is -2.33. The molecule has 24 heavy (non-hydrogen) atoms. The van der Waals surface area contributed by atoms with E-state index in [0.29, 0.717) is 6.42 Å². The number of ether oxygens (including phenoxy) is 1. The van der Waals surface area contributed by atoms with Crippen molar-refractivity contribution in [1.82, 2.24) is 0 Å². The number of nitrogens with zero attached hydrogens (tertiary/aromatic N) is 1. The largest absolute Gasteiger partial charge is 0.465 e. The maximum Gasteiger partial charge on any atom is 0.317 e. The third kappa shape index (κ3) is 6.60. The number of hydrogen-bond donors (Lipinski definition) is 2. The molecule has 0 bridgehead atoms. The predicted octanol–water partition coefficient (Wildman–Crippen LogP) is 0.948. The minimum atomic E-state index is -1.17. The van der Waals surface area contributed by atoms with Gasteiger partial charge in [-0.2, -0.15) is 4.99 Å². The first kappa shape index (κ1) is 19.3. The summed E-state index contributed by atoms with van der Waals surface area (Å²) in [5, 5.41) is 0. The van der Waals surface area contributed by atoms with E-state index in [-0.39, 0.29) is 13.0 Å². The molecule has 0 fully saturated rings. The Morgan fingerprint density at radius 2 is 1.79 bits per heavy atom. The monoisotopic (exact) mass is 333 g/mol. The number of guanidine groups is 1. The Morgan fingerprint density at radius 3 is 2.38 bits per heavy atom. The lowest BCUT2D eigenvalue weighted by Gasteiger charge is -2.12. The highest BCUT2D eigenvalue weighted by molar-refractivity contribution is 6.41. The number of unbranched alkanes of at least 4 members (excludes halogenated alkanes) is 1. The smallest absolute Gasteiger partial charge is 0.317 e. The summed E-state index contributed by atoms with van der Waals surface area (Å²) in [6.07, 6.45) is 2.42. The number of amides is 1. The molecule has 0 aliphatic carbocycles. The van der Waals surface area contributed by atoms with E-state index in [1.54, 1.807) is 6.92 Å². The molecule has 1 atom stereocenters. The first-order chi connectivity index (χ1) is 11.5. The number of hydrogen-bond acceptors (Lipinski definition) is 4. The van der Waals surface area contributed by atoms with Crippen LogP contribution in [0.2, 0.25) is 0 Å². The van der Waals surface area contributed by atoms with E-state index in [2.05, 4.69) is 4.99 Å². The van der Waals surface area contributed by atoms with Gasteiger partial charge in [0.2, 0.25) is 5.78 Å². The number of Topliss-reactive ketones (excluding diaryl/α,β-unsaturated/α-hetero) is 1. The number of benzene rings is 1. The van der Waals surface area contributed by atoms with Crippen LogP contribution in [0.15, 0.2) is 35.3 Å². The Bertz CT molecular complexity index is 595. The van der Waals surface area contributed by atoms with E-state index < -0.39 is 29.5 Å². The van der Waals surface area contributed by atoms with Gasteiger partial charge in [-0.25, -0.2) is 0 Å². The van der Waals surface area contributed by atoms with Crippen molar-refractivity contribution in [1.29, 1.82) is 0 Å². The molecule has 1 aromatic rings. The summed E-state index contributed by atoms with van der Waals surface area (Å²) in [5.41, 5.74) is 11.4. The number of aryl methyl sites for hydroxylation is 1. The van der Waals surface area contributed by atoms with Crippen molar-refractivity contribution in [3.63, 3.8) is 0 Å². The molecule has 4 N–H and O–H groups in total. The maximum absolute atomic E-state index is 12.1. The molecule has 1 unspecified atom stereocenters. The van der Waals surface area contributed by atoms with Gasteiger partial charge in [0.25, 0.3) is 0 Å². The topological polar surface area (TPSA) is 125 Å². The molecule has 0 aliphatic heterocycles. The maximum atomic E-state index is 12.1. The standard InChI is InChI=1S/C17H23N3O4/c1-2-24-16(23)13(14(21)15(22)20-17(18)19)11-7-6-10-12-8-4-3-5-9-12/h3-5,8-9,13H,2,6-7,10-11H2,1H3,(H4,18,19,20,22). The number of esters is 1. The fraction of sp³-hybridized carbons (Fsp3) is 0.412. The SMILES string of the molecule is CCOC(=O)C(CCCCc1ccccc1)C(=O)C(=O)N=C(N)N. The molecule has 0 radical (unpaired) electrons.